The van der Waals surface area contributed by atoms with Gasteiger partial charge in [-0.1, -0.05) is 0 Å². The van der Waals surface area contributed by atoms with Crippen molar-refractivity contribution in [2.45, 2.75) is 32.4 Å². The van der Waals surface area contributed by atoms with Crippen molar-refractivity contribution in [3.05, 3.63) is 59.4 Å². The van der Waals surface area contributed by atoms with Crippen LogP contribution in [0.2, 0.25) is 0 Å². The van der Waals surface area contributed by atoms with E-state index in [1.54, 1.807) is 14.0 Å². The van der Waals surface area contributed by atoms with Crippen LogP contribution in [0.1, 0.15) is 24.0 Å². The first-order chi connectivity index (χ1) is 19.5. The second-order valence-electron chi connectivity index (χ2n) is 10.0. The normalized spacial score (nSPS) is 16.6. The maximum absolute atomic E-state index is 14.5. The SMILES string of the molecule is COc1cc(Nc2ncc(OCc3c(F)c(C)cc(OC)c3F)cn2)ccc1N1CCC(N2CCNCC2)CC1. The summed E-state index contributed by atoms with van der Waals surface area (Å²) in [6, 6.07) is 7.93. The van der Waals surface area contributed by atoms with Crippen LogP contribution in [-0.4, -0.2) is 74.4 Å². The van der Waals surface area contributed by atoms with E-state index < -0.39 is 11.6 Å². The number of ether oxygens (including phenoxy) is 3. The number of hydrogen-bond donors (Lipinski definition) is 2. The highest BCUT2D eigenvalue weighted by molar-refractivity contribution is 5.67. The molecule has 0 aliphatic carbocycles. The Kier molecular flexibility index (Phi) is 8.81. The van der Waals surface area contributed by atoms with E-state index in [4.69, 9.17) is 14.2 Å². The van der Waals surface area contributed by atoms with Crippen LogP contribution in [0.5, 0.6) is 17.2 Å². The third-order valence-corrected chi connectivity index (χ3v) is 7.58. The number of nitrogens with one attached hydrogen (secondary N) is 2. The summed E-state index contributed by atoms with van der Waals surface area (Å²) in [6.45, 7) is 7.61. The van der Waals surface area contributed by atoms with Crippen molar-refractivity contribution >= 4 is 17.3 Å². The quantitative estimate of drug-likeness (QED) is 0.403. The zero-order chi connectivity index (χ0) is 28.1. The number of aryl methyl sites for hydroxylation is 1. The summed E-state index contributed by atoms with van der Waals surface area (Å²) in [7, 11) is 3.01. The van der Waals surface area contributed by atoms with Crippen LogP contribution in [0.3, 0.4) is 0 Å². The minimum absolute atomic E-state index is 0.0329. The number of halogens is 2. The summed E-state index contributed by atoms with van der Waals surface area (Å²) in [6.07, 6.45) is 5.18. The third-order valence-electron chi connectivity index (χ3n) is 7.58. The first kappa shape index (κ1) is 27.9. The summed E-state index contributed by atoms with van der Waals surface area (Å²) in [5.41, 5.74) is 1.91. The molecule has 40 heavy (non-hydrogen) atoms. The monoisotopic (exact) mass is 554 g/mol. The second kappa shape index (κ2) is 12.6. The van der Waals surface area contributed by atoms with E-state index in [2.05, 4.69) is 36.5 Å². The Morgan fingerprint density at radius 2 is 1.65 bits per heavy atom. The van der Waals surface area contributed by atoms with Crippen molar-refractivity contribution in [1.82, 2.24) is 20.2 Å². The Hall–Kier alpha value is -3.70. The number of hydrogen-bond acceptors (Lipinski definition) is 9. The molecule has 2 aliphatic rings. The molecule has 0 spiro atoms. The average molecular weight is 555 g/mol. The Bertz CT molecular complexity index is 1300. The molecule has 0 bridgehead atoms. The minimum Gasteiger partial charge on any atom is -0.495 e. The van der Waals surface area contributed by atoms with Crippen LogP contribution in [-0.2, 0) is 6.61 Å². The molecule has 0 atom stereocenters. The number of nitrogens with zero attached hydrogens (tertiary/aromatic N) is 4. The molecule has 2 saturated heterocycles. The molecule has 0 amide bonds. The number of piperazine rings is 1. The molecule has 3 aromatic rings. The largest absolute Gasteiger partial charge is 0.495 e. The summed E-state index contributed by atoms with van der Waals surface area (Å²) >= 11 is 0. The predicted molar refractivity (Wildman–Crippen MR) is 150 cm³/mol. The molecule has 2 N–H and O–H groups in total. The van der Waals surface area contributed by atoms with Gasteiger partial charge >= 0.3 is 0 Å². The lowest BCUT2D eigenvalue weighted by atomic mass is 10.0. The van der Waals surface area contributed by atoms with Crippen LogP contribution in [0, 0.1) is 18.6 Å². The molecular formula is C29H36F2N6O3. The maximum atomic E-state index is 14.5. The second-order valence-corrected chi connectivity index (χ2v) is 10.0. The number of anilines is 3. The van der Waals surface area contributed by atoms with Crippen molar-refractivity contribution in [2.75, 3.05) is 63.7 Å². The molecule has 2 aliphatic heterocycles. The first-order valence-electron chi connectivity index (χ1n) is 13.6. The number of rotatable bonds is 9. The number of methoxy groups -OCH3 is 2. The van der Waals surface area contributed by atoms with Gasteiger partial charge in [0.15, 0.2) is 17.3 Å². The van der Waals surface area contributed by atoms with Crippen LogP contribution in [0.15, 0.2) is 36.7 Å². The molecule has 2 fully saturated rings. The Morgan fingerprint density at radius 1 is 0.950 bits per heavy atom. The zero-order valence-corrected chi connectivity index (χ0v) is 23.2. The Labute approximate surface area is 233 Å². The van der Waals surface area contributed by atoms with Gasteiger partial charge in [-0.15, -0.1) is 0 Å². The van der Waals surface area contributed by atoms with Crippen LogP contribution in [0.4, 0.5) is 26.1 Å². The number of aromatic nitrogens is 2. The number of piperidine rings is 1. The highest BCUT2D eigenvalue weighted by Crippen LogP contribution is 2.34. The fraction of sp³-hybridized carbons (Fsp3) is 0.448. The summed E-state index contributed by atoms with van der Waals surface area (Å²) in [5.74, 6) is -0.0712. The van der Waals surface area contributed by atoms with Crippen LogP contribution >= 0.6 is 0 Å². The van der Waals surface area contributed by atoms with Gasteiger partial charge in [0.1, 0.15) is 18.2 Å². The van der Waals surface area contributed by atoms with Crippen molar-refractivity contribution in [3.63, 3.8) is 0 Å². The molecule has 11 heteroatoms. The van der Waals surface area contributed by atoms with Gasteiger partial charge in [0, 0.05) is 57.1 Å². The smallest absolute Gasteiger partial charge is 0.227 e. The van der Waals surface area contributed by atoms with E-state index in [0.29, 0.717) is 12.0 Å². The van der Waals surface area contributed by atoms with E-state index in [0.717, 1.165) is 69.2 Å². The lowest BCUT2D eigenvalue weighted by molar-refractivity contribution is 0.150. The van der Waals surface area contributed by atoms with Gasteiger partial charge in [-0.25, -0.2) is 18.7 Å². The molecular weight excluding hydrogens is 518 g/mol. The van der Waals surface area contributed by atoms with Crippen LogP contribution in [0.25, 0.3) is 0 Å². The molecule has 2 aromatic carbocycles. The average Bonchev–Trinajstić information content (AvgIpc) is 3.00. The van der Waals surface area contributed by atoms with Gasteiger partial charge in [-0.3, -0.25) is 4.90 Å². The van der Waals surface area contributed by atoms with Crippen LogP contribution < -0.4 is 29.7 Å². The Morgan fingerprint density at radius 3 is 2.33 bits per heavy atom. The number of benzene rings is 2. The molecule has 0 saturated carbocycles. The van der Waals surface area contributed by atoms with Crippen molar-refractivity contribution in [3.8, 4) is 17.2 Å². The van der Waals surface area contributed by atoms with Gasteiger partial charge in [-0.05, 0) is 43.5 Å². The van der Waals surface area contributed by atoms with Crippen molar-refractivity contribution < 1.29 is 23.0 Å². The van der Waals surface area contributed by atoms with E-state index in [9.17, 15) is 8.78 Å². The van der Waals surface area contributed by atoms with E-state index in [-0.39, 0.29) is 29.2 Å². The Balaban J connectivity index is 1.19. The zero-order valence-electron chi connectivity index (χ0n) is 23.2. The van der Waals surface area contributed by atoms with E-state index in [1.807, 2.05) is 12.1 Å². The predicted octanol–water partition coefficient (Wildman–Crippen LogP) is 4.28. The van der Waals surface area contributed by atoms with Crippen molar-refractivity contribution in [2.24, 2.45) is 0 Å². The lowest BCUT2D eigenvalue weighted by Crippen LogP contribution is -2.52. The molecule has 0 radical (unpaired) electrons. The summed E-state index contributed by atoms with van der Waals surface area (Å²) in [5, 5.41) is 6.61. The highest BCUT2D eigenvalue weighted by atomic mass is 19.1. The molecule has 1 aromatic heterocycles. The topological polar surface area (TPSA) is 84.0 Å². The standard InChI is InChI=1S/C29H36F2N6O3/c1-19-14-26(39-3)28(31)23(27(19)30)18-40-22-16-33-29(34-17-22)35-20-4-5-24(25(15-20)38-2)37-10-6-21(7-11-37)36-12-8-32-9-13-36/h4-5,14-17,21,32H,6-13,18H2,1-3H3,(H,33,34,35). The van der Waals surface area contributed by atoms with Gasteiger partial charge in [0.05, 0.1) is 37.9 Å². The first-order valence-corrected chi connectivity index (χ1v) is 13.6. The van der Waals surface area contributed by atoms with Gasteiger partial charge in [0.2, 0.25) is 5.95 Å². The molecule has 214 valence electrons. The molecule has 5 rings (SSSR count). The molecule has 9 nitrogen and oxygen atoms in total. The van der Waals surface area contributed by atoms with Gasteiger partial charge in [0.25, 0.3) is 0 Å². The van der Waals surface area contributed by atoms with E-state index in [1.165, 1.54) is 25.6 Å². The van der Waals surface area contributed by atoms with Gasteiger partial charge < -0.3 is 29.7 Å². The third kappa shape index (κ3) is 6.20. The lowest BCUT2D eigenvalue weighted by Gasteiger charge is -2.41. The fourth-order valence-corrected chi connectivity index (χ4v) is 5.36. The summed E-state index contributed by atoms with van der Waals surface area (Å²) in [4.78, 5) is 13.6. The van der Waals surface area contributed by atoms with Crippen molar-refractivity contribution in [1.29, 1.82) is 0 Å². The van der Waals surface area contributed by atoms with E-state index >= 15 is 0 Å². The summed E-state index contributed by atoms with van der Waals surface area (Å²) < 4.78 is 45.3. The molecule has 0 unspecified atom stereocenters. The van der Waals surface area contributed by atoms with Gasteiger partial charge in [-0.2, -0.15) is 0 Å². The minimum atomic E-state index is -0.786. The molecule has 3 heterocycles. The fourth-order valence-electron chi connectivity index (χ4n) is 5.36. The maximum Gasteiger partial charge on any atom is 0.227 e. The highest BCUT2D eigenvalue weighted by Gasteiger charge is 2.27.